The number of allylic oxidation sites excluding steroid dienone is 1. The molecule has 3 rings (SSSR count). The van der Waals surface area contributed by atoms with Crippen LogP contribution in [0.5, 0.6) is 0 Å². The molecule has 1 aromatic carbocycles. The van der Waals surface area contributed by atoms with Crippen LogP contribution in [-0.4, -0.2) is 17.1 Å². The predicted molar refractivity (Wildman–Crippen MR) is 98.0 cm³/mol. The Morgan fingerprint density at radius 2 is 1.96 bits per heavy atom. The van der Waals surface area contributed by atoms with Crippen LogP contribution < -0.4 is 14.9 Å². The van der Waals surface area contributed by atoms with Crippen molar-refractivity contribution in [3.63, 3.8) is 0 Å². The van der Waals surface area contributed by atoms with E-state index in [1.54, 1.807) is 18.4 Å². The largest absolute Gasteiger partial charge is 0.463 e. The zero-order chi connectivity index (χ0) is 18.1. The van der Waals surface area contributed by atoms with Gasteiger partial charge in [-0.1, -0.05) is 47.2 Å². The standard InChI is InChI=1S/C19H20N2O3S/c1-5-24-18(23)14-12(4)20-19-21(17(22)16(25-19)11(2)3)15(14)13-9-7-6-8-10-13/h6-10,15H,5H2,1-4H3/t15-/m1/s1. The van der Waals surface area contributed by atoms with Crippen LogP contribution in [-0.2, 0) is 9.53 Å². The fourth-order valence-corrected chi connectivity index (χ4v) is 3.99. The van der Waals surface area contributed by atoms with Gasteiger partial charge in [-0.05, 0) is 33.3 Å². The lowest BCUT2D eigenvalue weighted by Crippen LogP contribution is -2.40. The number of benzene rings is 1. The third kappa shape index (κ3) is 2.98. The smallest absolute Gasteiger partial charge is 0.338 e. The van der Waals surface area contributed by atoms with Gasteiger partial charge in [-0.2, -0.15) is 0 Å². The minimum Gasteiger partial charge on any atom is -0.463 e. The molecule has 130 valence electrons. The first-order valence-corrected chi connectivity index (χ1v) is 8.97. The minimum atomic E-state index is -0.524. The molecule has 1 aliphatic rings. The Hall–Kier alpha value is -2.47. The molecule has 0 aliphatic carbocycles. The van der Waals surface area contributed by atoms with Gasteiger partial charge in [0.05, 0.1) is 28.5 Å². The monoisotopic (exact) mass is 356 g/mol. The van der Waals surface area contributed by atoms with Gasteiger partial charge in [0, 0.05) is 0 Å². The minimum absolute atomic E-state index is 0.119. The van der Waals surface area contributed by atoms with Gasteiger partial charge in [0.25, 0.3) is 5.56 Å². The van der Waals surface area contributed by atoms with Gasteiger partial charge >= 0.3 is 5.97 Å². The first kappa shape index (κ1) is 17.4. The van der Waals surface area contributed by atoms with Crippen molar-refractivity contribution in [2.45, 2.75) is 33.7 Å². The van der Waals surface area contributed by atoms with Crippen molar-refractivity contribution in [3.05, 3.63) is 66.9 Å². The Morgan fingerprint density at radius 1 is 1.28 bits per heavy atom. The van der Waals surface area contributed by atoms with Crippen LogP contribution in [0.3, 0.4) is 0 Å². The summed E-state index contributed by atoms with van der Waals surface area (Å²) in [6.07, 6.45) is 0. The van der Waals surface area contributed by atoms with E-state index >= 15 is 0 Å². The van der Waals surface area contributed by atoms with Crippen LogP contribution in [0.4, 0.5) is 0 Å². The molecule has 0 amide bonds. The lowest BCUT2D eigenvalue weighted by Gasteiger charge is -2.24. The van der Waals surface area contributed by atoms with Gasteiger partial charge in [0.15, 0.2) is 4.80 Å². The fraction of sp³-hybridized carbons (Fsp3) is 0.316. The molecule has 0 saturated carbocycles. The molecule has 25 heavy (non-hydrogen) atoms. The molecular weight excluding hydrogens is 336 g/mol. The van der Waals surface area contributed by atoms with Gasteiger partial charge in [0.2, 0.25) is 0 Å². The third-order valence-corrected chi connectivity index (χ3v) is 5.32. The summed E-state index contributed by atoms with van der Waals surface area (Å²) < 4.78 is 7.52. The number of hydrogen-bond acceptors (Lipinski definition) is 5. The van der Waals surface area contributed by atoms with E-state index in [1.165, 1.54) is 11.3 Å². The number of carbonyl (C=O) groups excluding carboxylic acids is 1. The predicted octanol–water partition coefficient (Wildman–Crippen LogP) is 2.16. The van der Waals surface area contributed by atoms with E-state index in [-0.39, 0.29) is 12.2 Å². The molecule has 0 N–H and O–H groups in total. The molecule has 6 heteroatoms. The maximum Gasteiger partial charge on any atom is 0.338 e. The highest BCUT2D eigenvalue weighted by Crippen LogP contribution is 2.30. The highest BCUT2D eigenvalue weighted by molar-refractivity contribution is 7.07. The van der Waals surface area contributed by atoms with E-state index in [0.717, 1.165) is 11.1 Å². The highest BCUT2D eigenvalue weighted by atomic mass is 32.1. The first-order valence-electron chi connectivity index (χ1n) is 8.16. The fourth-order valence-electron chi connectivity index (χ4n) is 2.95. The van der Waals surface area contributed by atoms with Crippen LogP contribution in [0.2, 0.25) is 0 Å². The van der Waals surface area contributed by atoms with Crippen LogP contribution in [0.1, 0.15) is 39.3 Å². The van der Waals surface area contributed by atoms with E-state index in [2.05, 4.69) is 4.99 Å². The highest BCUT2D eigenvalue weighted by Gasteiger charge is 2.33. The summed E-state index contributed by atoms with van der Waals surface area (Å²) in [5.74, 6) is -0.430. The van der Waals surface area contributed by atoms with Crippen molar-refractivity contribution in [2.24, 2.45) is 4.99 Å². The summed E-state index contributed by atoms with van der Waals surface area (Å²) in [5.41, 5.74) is 2.69. The van der Waals surface area contributed by atoms with E-state index in [0.29, 0.717) is 20.6 Å². The number of fused-ring (bicyclic) bond motifs is 1. The van der Waals surface area contributed by atoms with Crippen LogP contribution >= 0.6 is 11.3 Å². The second kappa shape index (κ2) is 6.80. The average molecular weight is 356 g/mol. The number of nitrogens with zero attached hydrogens (tertiary/aromatic N) is 2. The number of aromatic nitrogens is 1. The molecular formula is C19H20N2O3S. The molecule has 0 saturated heterocycles. The molecule has 1 aliphatic heterocycles. The first-order chi connectivity index (χ1) is 12.0. The number of rotatable bonds is 3. The Labute approximate surface area is 149 Å². The quantitative estimate of drug-likeness (QED) is 0.792. The Bertz CT molecular complexity index is 1020. The Kier molecular flexibility index (Phi) is 4.72. The number of carbonyl (C=O) groups is 1. The molecule has 1 aromatic heterocycles. The number of thiazole rings is 1. The van der Waals surface area contributed by atoms with Crippen LogP contribution in [0.25, 0.3) is 5.57 Å². The van der Waals surface area contributed by atoms with Crippen molar-refractivity contribution in [3.8, 4) is 0 Å². The van der Waals surface area contributed by atoms with Gasteiger partial charge in [-0.25, -0.2) is 9.79 Å². The normalized spacial score (nSPS) is 16.2. The molecule has 0 spiro atoms. The zero-order valence-corrected chi connectivity index (χ0v) is 15.5. The molecule has 0 bridgehead atoms. The number of hydrogen-bond donors (Lipinski definition) is 0. The van der Waals surface area contributed by atoms with Crippen LogP contribution in [0, 0.1) is 0 Å². The summed E-state index contributed by atoms with van der Waals surface area (Å²) in [5, 5.41) is 0. The van der Waals surface area contributed by atoms with E-state index in [1.807, 2.05) is 44.2 Å². The average Bonchev–Trinajstić information content (AvgIpc) is 2.91. The van der Waals surface area contributed by atoms with Gasteiger partial charge < -0.3 is 4.74 Å². The topological polar surface area (TPSA) is 60.7 Å². The van der Waals surface area contributed by atoms with Gasteiger partial charge in [-0.15, -0.1) is 0 Å². The Balaban J connectivity index is 2.36. The summed E-state index contributed by atoms with van der Waals surface area (Å²) in [7, 11) is 0. The number of ether oxygens (including phenoxy) is 1. The second-order valence-corrected chi connectivity index (χ2v) is 7.01. The Morgan fingerprint density at radius 3 is 2.56 bits per heavy atom. The summed E-state index contributed by atoms with van der Waals surface area (Å²) >= 11 is 1.36. The zero-order valence-electron chi connectivity index (χ0n) is 14.7. The van der Waals surface area contributed by atoms with Crippen molar-refractivity contribution in [2.75, 3.05) is 6.61 Å². The summed E-state index contributed by atoms with van der Waals surface area (Å²) in [6.45, 7) is 7.64. The SMILES string of the molecule is CCOC(=O)C1=C(C)N=c2sc(=C(C)C)c(=O)n2[C@@H]1c1ccccc1. The molecule has 2 heterocycles. The number of esters is 1. The van der Waals surface area contributed by atoms with Crippen molar-refractivity contribution >= 4 is 22.9 Å². The second-order valence-electron chi connectivity index (χ2n) is 6.03. The van der Waals surface area contributed by atoms with Crippen molar-refractivity contribution in [1.29, 1.82) is 0 Å². The lowest BCUT2D eigenvalue weighted by molar-refractivity contribution is -0.139. The van der Waals surface area contributed by atoms with Crippen molar-refractivity contribution in [1.82, 2.24) is 4.57 Å². The molecule has 0 fully saturated rings. The molecule has 0 radical (unpaired) electrons. The molecule has 0 unspecified atom stereocenters. The summed E-state index contributed by atoms with van der Waals surface area (Å²) in [4.78, 5) is 30.7. The summed E-state index contributed by atoms with van der Waals surface area (Å²) in [6, 6.07) is 9.01. The maximum atomic E-state index is 13.0. The third-order valence-electron chi connectivity index (χ3n) is 4.06. The van der Waals surface area contributed by atoms with E-state index in [4.69, 9.17) is 4.74 Å². The van der Waals surface area contributed by atoms with E-state index < -0.39 is 12.0 Å². The molecule has 1 atom stereocenters. The van der Waals surface area contributed by atoms with Gasteiger partial charge in [0.1, 0.15) is 0 Å². The van der Waals surface area contributed by atoms with E-state index in [9.17, 15) is 9.59 Å². The molecule has 2 aromatic rings. The molecule has 5 nitrogen and oxygen atoms in total. The van der Waals surface area contributed by atoms with Crippen molar-refractivity contribution < 1.29 is 9.53 Å². The van der Waals surface area contributed by atoms with Gasteiger partial charge in [-0.3, -0.25) is 9.36 Å². The maximum absolute atomic E-state index is 13.0. The van der Waals surface area contributed by atoms with Crippen LogP contribution in [0.15, 0.2) is 51.4 Å². The lowest BCUT2D eigenvalue weighted by atomic mass is 9.96.